The van der Waals surface area contributed by atoms with Gasteiger partial charge in [0.05, 0.1) is 21.2 Å². The molecule has 10 heteroatoms. The second-order valence-electron chi connectivity index (χ2n) is 7.94. The maximum absolute atomic E-state index is 12.7. The molecule has 2 aromatic carbocycles. The Balaban J connectivity index is 1.67. The summed E-state index contributed by atoms with van der Waals surface area (Å²) in [5, 5.41) is 5.12. The fourth-order valence-electron chi connectivity index (χ4n) is 2.63. The van der Waals surface area contributed by atoms with E-state index in [9.17, 15) is 13.2 Å². The predicted octanol–water partition coefficient (Wildman–Crippen LogP) is 4.70. The summed E-state index contributed by atoms with van der Waals surface area (Å²) >= 11 is 7.46. The molecular weight excluding hydrogens is 470 g/mol. The smallest absolute Gasteiger partial charge is 0.259 e. The number of nitrogens with one attached hydrogen (secondary N) is 2. The highest BCUT2D eigenvalue weighted by Crippen LogP contribution is 2.27. The van der Waals surface area contributed by atoms with Gasteiger partial charge < -0.3 is 4.74 Å². The number of para-hydroxylation sites is 1. The predicted molar refractivity (Wildman–Crippen MR) is 127 cm³/mol. The summed E-state index contributed by atoms with van der Waals surface area (Å²) in [5.41, 5.74) is 0.741. The number of aromatic nitrogens is 1. The molecule has 32 heavy (non-hydrogen) atoms. The van der Waals surface area contributed by atoms with Crippen LogP contribution in [0.15, 0.2) is 58.8 Å². The van der Waals surface area contributed by atoms with E-state index in [1.165, 1.54) is 29.5 Å². The van der Waals surface area contributed by atoms with E-state index in [0.29, 0.717) is 10.9 Å². The van der Waals surface area contributed by atoms with Crippen molar-refractivity contribution in [2.45, 2.75) is 31.1 Å². The van der Waals surface area contributed by atoms with Gasteiger partial charge in [-0.25, -0.2) is 18.1 Å². The third-order valence-corrected chi connectivity index (χ3v) is 6.94. The summed E-state index contributed by atoms with van der Waals surface area (Å²) in [7, 11) is -3.86. The molecule has 0 fully saturated rings. The Hall–Kier alpha value is -2.46. The number of carbonyl (C=O) groups is 1. The molecule has 0 aliphatic heterocycles. The van der Waals surface area contributed by atoms with E-state index in [4.69, 9.17) is 16.3 Å². The Labute approximate surface area is 196 Å². The van der Waals surface area contributed by atoms with Crippen molar-refractivity contribution in [3.05, 3.63) is 70.2 Å². The third kappa shape index (κ3) is 6.29. The van der Waals surface area contributed by atoms with Crippen molar-refractivity contribution in [2.75, 3.05) is 18.5 Å². The van der Waals surface area contributed by atoms with Crippen molar-refractivity contribution >= 4 is 44.0 Å². The lowest BCUT2D eigenvalue weighted by molar-refractivity contribution is 0.102. The topological polar surface area (TPSA) is 97.4 Å². The lowest BCUT2D eigenvalue weighted by Gasteiger charge is -2.14. The molecule has 1 amide bonds. The Kier molecular flexibility index (Phi) is 7.55. The maximum Gasteiger partial charge on any atom is 0.259 e. The quantitative estimate of drug-likeness (QED) is 0.443. The number of hydrogen-bond acceptors (Lipinski definition) is 6. The number of benzene rings is 2. The molecule has 0 saturated heterocycles. The summed E-state index contributed by atoms with van der Waals surface area (Å²) in [5.74, 6) is 0.114. The Morgan fingerprint density at radius 2 is 1.88 bits per heavy atom. The van der Waals surface area contributed by atoms with Crippen LogP contribution < -0.4 is 14.8 Å². The summed E-state index contributed by atoms with van der Waals surface area (Å²) < 4.78 is 33.3. The Bertz CT molecular complexity index is 1190. The number of hydrogen-bond donors (Lipinski definition) is 2. The highest BCUT2D eigenvalue weighted by molar-refractivity contribution is 7.89. The first-order chi connectivity index (χ1) is 15.1. The van der Waals surface area contributed by atoms with E-state index in [1.54, 1.807) is 12.1 Å². The molecule has 0 radical (unpaired) electrons. The summed E-state index contributed by atoms with van der Waals surface area (Å²) in [6.45, 7) is 6.30. The van der Waals surface area contributed by atoms with Crippen molar-refractivity contribution in [3.8, 4) is 5.75 Å². The molecule has 0 atom stereocenters. The number of anilines is 1. The molecule has 0 spiro atoms. The average molecular weight is 494 g/mol. The molecule has 0 bridgehead atoms. The zero-order valence-corrected chi connectivity index (χ0v) is 20.3. The van der Waals surface area contributed by atoms with Crippen LogP contribution in [-0.2, 0) is 15.4 Å². The average Bonchev–Trinajstić information content (AvgIpc) is 3.21. The Morgan fingerprint density at radius 1 is 1.16 bits per heavy atom. The minimum absolute atomic E-state index is 0.0441. The number of nitrogens with zero attached hydrogens (tertiary/aromatic N) is 1. The minimum atomic E-state index is -3.86. The summed E-state index contributed by atoms with van der Waals surface area (Å²) in [4.78, 5) is 17.1. The highest BCUT2D eigenvalue weighted by Gasteiger charge is 2.21. The number of thiazole rings is 1. The molecule has 3 rings (SSSR count). The minimum Gasteiger partial charge on any atom is -0.492 e. The van der Waals surface area contributed by atoms with Gasteiger partial charge in [0.25, 0.3) is 5.91 Å². The van der Waals surface area contributed by atoms with Crippen LogP contribution in [0.1, 0.15) is 36.8 Å². The van der Waals surface area contributed by atoms with Crippen LogP contribution in [0.5, 0.6) is 5.75 Å². The summed E-state index contributed by atoms with van der Waals surface area (Å²) in [6.07, 6.45) is 0. The van der Waals surface area contributed by atoms with E-state index in [2.05, 4.69) is 15.0 Å². The first kappa shape index (κ1) is 24.2. The van der Waals surface area contributed by atoms with Crippen LogP contribution in [0.25, 0.3) is 0 Å². The molecule has 170 valence electrons. The van der Waals surface area contributed by atoms with Gasteiger partial charge in [0, 0.05) is 17.3 Å². The van der Waals surface area contributed by atoms with Gasteiger partial charge >= 0.3 is 0 Å². The lowest BCUT2D eigenvalue weighted by atomic mass is 9.93. The fraction of sp³-hybridized carbons (Fsp3) is 0.273. The van der Waals surface area contributed by atoms with E-state index in [1.807, 2.05) is 44.4 Å². The maximum atomic E-state index is 12.7. The van der Waals surface area contributed by atoms with Gasteiger partial charge in [-0.2, -0.15) is 0 Å². The van der Waals surface area contributed by atoms with Crippen molar-refractivity contribution in [2.24, 2.45) is 0 Å². The molecular formula is C22H24ClN3O4S2. The van der Waals surface area contributed by atoms with Gasteiger partial charge in [0.15, 0.2) is 5.13 Å². The second-order valence-corrected chi connectivity index (χ2v) is 11.0. The summed E-state index contributed by atoms with van der Waals surface area (Å²) in [6, 6.07) is 13.1. The molecule has 3 aromatic rings. The number of carbonyl (C=O) groups excluding carboxylic acids is 1. The number of sulfonamides is 1. The zero-order chi connectivity index (χ0) is 23.4. The zero-order valence-electron chi connectivity index (χ0n) is 17.9. The normalized spacial score (nSPS) is 11.9. The number of halogens is 1. The van der Waals surface area contributed by atoms with Crippen molar-refractivity contribution in [3.63, 3.8) is 0 Å². The number of ether oxygens (including phenoxy) is 1. The monoisotopic (exact) mass is 493 g/mol. The highest BCUT2D eigenvalue weighted by atomic mass is 35.5. The SMILES string of the molecule is CC(C)(C)c1csc(NC(=O)c2cc(S(=O)(=O)NCCOc3ccccc3)ccc2Cl)n1. The van der Waals surface area contributed by atoms with Crippen LogP contribution in [0, 0.1) is 0 Å². The van der Waals surface area contributed by atoms with Crippen molar-refractivity contribution < 1.29 is 17.9 Å². The van der Waals surface area contributed by atoms with E-state index in [0.717, 1.165) is 5.69 Å². The van der Waals surface area contributed by atoms with Crippen molar-refractivity contribution in [1.82, 2.24) is 9.71 Å². The molecule has 0 aliphatic carbocycles. The van der Waals surface area contributed by atoms with E-state index in [-0.39, 0.29) is 34.0 Å². The largest absolute Gasteiger partial charge is 0.492 e. The van der Waals surface area contributed by atoms with Gasteiger partial charge in [-0.15, -0.1) is 11.3 Å². The van der Waals surface area contributed by atoms with Gasteiger partial charge in [0.2, 0.25) is 10.0 Å². The van der Waals surface area contributed by atoms with Crippen molar-refractivity contribution in [1.29, 1.82) is 0 Å². The molecule has 2 N–H and O–H groups in total. The number of amides is 1. The molecule has 7 nitrogen and oxygen atoms in total. The first-order valence-electron chi connectivity index (χ1n) is 9.81. The Morgan fingerprint density at radius 3 is 2.53 bits per heavy atom. The van der Waals surface area contributed by atoms with Crippen LogP contribution in [0.4, 0.5) is 5.13 Å². The standard InChI is InChI=1S/C22H24ClN3O4S2/c1-22(2,3)19-14-31-21(25-19)26-20(27)17-13-16(9-10-18(17)23)32(28,29)24-11-12-30-15-7-5-4-6-8-15/h4-10,13-14,24H,11-12H2,1-3H3,(H,25,26,27). The van der Waals surface area contributed by atoms with E-state index >= 15 is 0 Å². The molecule has 0 saturated carbocycles. The lowest BCUT2D eigenvalue weighted by Crippen LogP contribution is -2.28. The van der Waals surface area contributed by atoms with Gasteiger partial charge in [0.1, 0.15) is 12.4 Å². The fourth-order valence-corrected chi connectivity index (χ4v) is 4.81. The second kappa shape index (κ2) is 9.99. The van der Waals surface area contributed by atoms with E-state index < -0.39 is 15.9 Å². The van der Waals surface area contributed by atoms with Crippen LogP contribution in [0.2, 0.25) is 5.02 Å². The molecule has 0 aliphatic rings. The van der Waals surface area contributed by atoms with Crippen LogP contribution in [0.3, 0.4) is 0 Å². The van der Waals surface area contributed by atoms with Gasteiger partial charge in [-0.05, 0) is 30.3 Å². The number of rotatable bonds is 8. The van der Waals surface area contributed by atoms with Gasteiger partial charge in [-0.1, -0.05) is 50.6 Å². The van der Waals surface area contributed by atoms with Crippen LogP contribution in [-0.4, -0.2) is 32.5 Å². The van der Waals surface area contributed by atoms with Gasteiger partial charge in [-0.3, -0.25) is 10.1 Å². The van der Waals surface area contributed by atoms with Crippen LogP contribution >= 0.6 is 22.9 Å². The third-order valence-electron chi connectivity index (χ3n) is 4.39. The molecule has 0 unspecified atom stereocenters. The first-order valence-corrected chi connectivity index (χ1v) is 12.5. The molecule has 1 heterocycles. The molecule has 1 aromatic heterocycles.